The zero-order valence-corrected chi connectivity index (χ0v) is 13.5. The van der Waals surface area contributed by atoms with Gasteiger partial charge in [-0.3, -0.25) is 4.79 Å². The molecule has 2 heterocycles. The number of fused-ring (bicyclic) bond motifs is 4. The second-order valence-corrected chi connectivity index (χ2v) is 6.65. The molecule has 5 heteroatoms. The number of rotatable bonds is 3. The van der Waals surface area contributed by atoms with Gasteiger partial charge in [0.15, 0.2) is 0 Å². The number of aromatic amines is 1. The molecule has 0 atom stereocenters. The Labute approximate surface area is 136 Å². The van der Waals surface area contributed by atoms with Crippen molar-refractivity contribution in [1.82, 2.24) is 10.3 Å². The van der Waals surface area contributed by atoms with Gasteiger partial charge in [-0.2, -0.15) is 0 Å². The van der Waals surface area contributed by atoms with Gasteiger partial charge >= 0.3 is 0 Å². The smallest absolute Gasteiger partial charge is 0.267 e. The van der Waals surface area contributed by atoms with Crippen molar-refractivity contribution in [2.24, 2.45) is 0 Å². The van der Waals surface area contributed by atoms with Gasteiger partial charge in [0, 0.05) is 37.6 Å². The maximum Gasteiger partial charge on any atom is 0.267 e. The van der Waals surface area contributed by atoms with Crippen LogP contribution in [-0.2, 0) is 0 Å². The van der Waals surface area contributed by atoms with Crippen molar-refractivity contribution in [3.8, 4) is 0 Å². The van der Waals surface area contributed by atoms with Gasteiger partial charge in [0.1, 0.15) is 5.69 Å². The number of carbonyl (C=O) groups excluding carboxylic acids is 1. The average Bonchev–Trinajstić information content (AvgIpc) is 3.15. The molecule has 23 heavy (non-hydrogen) atoms. The van der Waals surface area contributed by atoms with Crippen molar-refractivity contribution in [2.45, 2.75) is 6.92 Å². The number of thiophene rings is 1. The highest BCUT2D eigenvalue weighted by Crippen LogP contribution is 2.39. The van der Waals surface area contributed by atoms with Crippen molar-refractivity contribution in [3.05, 3.63) is 47.7 Å². The number of aliphatic hydroxyl groups is 1. The maximum atomic E-state index is 12.1. The van der Waals surface area contributed by atoms with E-state index in [1.165, 1.54) is 25.7 Å². The largest absolute Gasteiger partial charge is 0.395 e. The molecule has 0 radical (unpaired) electrons. The summed E-state index contributed by atoms with van der Waals surface area (Å²) < 4.78 is 2.54. The summed E-state index contributed by atoms with van der Waals surface area (Å²) in [6, 6.07) is 12.4. The Kier molecular flexibility index (Phi) is 3.32. The fourth-order valence-corrected chi connectivity index (χ4v) is 4.23. The first kappa shape index (κ1) is 14.2. The highest BCUT2D eigenvalue weighted by Gasteiger charge is 2.14. The Morgan fingerprint density at radius 3 is 2.87 bits per heavy atom. The molecule has 2 aromatic carbocycles. The first-order valence-corrected chi connectivity index (χ1v) is 8.33. The van der Waals surface area contributed by atoms with Gasteiger partial charge in [0.2, 0.25) is 0 Å². The van der Waals surface area contributed by atoms with E-state index in [-0.39, 0.29) is 19.1 Å². The summed E-state index contributed by atoms with van der Waals surface area (Å²) >= 11 is 1.79. The second kappa shape index (κ2) is 5.37. The summed E-state index contributed by atoms with van der Waals surface area (Å²) in [4.78, 5) is 15.3. The lowest BCUT2D eigenvalue weighted by molar-refractivity contribution is 0.0940. The van der Waals surface area contributed by atoms with Crippen molar-refractivity contribution in [1.29, 1.82) is 0 Å². The first-order valence-electron chi connectivity index (χ1n) is 7.51. The summed E-state index contributed by atoms with van der Waals surface area (Å²) in [7, 11) is 0. The van der Waals surface area contributed by atoms with Crippen molar-refractivity contribution in [2.75, 3.05) is 13.2 Å². The van der Waals surface area contributed by atoms with Gasteiger partial charge in [-0.15, -0.1) is 11.3 Å². The first-order chi connectivity index (χ1) is 11.2. The molecule has 0 bridgehead atoms. The van der Waals surface area contributed by atoms with E-state index < -0.39 is 0 Å². The Morgan fingerprint density at radius 2 is 2.04 bits per heavy atom. The van der Waals surface area contributed by atoms with Crippen LogP contribution in [0, 0.1) is 6.92 Å². The number of aryl methyl sites for hydroxylation is 1. The summed E-state index contributed by atoms with van der Waals surface area (Å²) in [6.45, 7) is 2.29. The van der Waals surface area contributed by atoms with E-state index in [9.17, 15) is 4.79 Å². The predicted molar refractivity (Wildman–Crippen MR) is 95.3 cm³/mol. The molecule has 116 valence electrons. The van der Waals surface area contributed by atoms with Crippen LogP contribution in [0.5, 0.6) is 0 Å². The third kappa shape index (κ3) is 2.20. The van der Waals surface area contributed by atoms with Crippen molar-refractivity contribution >= 4 is 48.3 Å². The van der Waals surface area contributed by atoms with Gasteiger partial charge in [-0.25, -0.2) is 0 Å². The van der Waals surface area contributed by atoms with Crippen LogP contribution in [0.25, 0.3) is 31.1 Å². The highest BCUT2D eigenvalue weighted by molar-refractivity contribution is 7.26. The molecule has 0 fully saturated rings. The van der Waals surface area contributed by atoms with Crippen LogP contribution in [0.2, 0.25) is 0 Å². The monoisotopic (exact) mass is 324 g/mol. The average molecular weight is 324 g/mol. The predicted octanol–water partition coefficient (Wildman–Crippen LogP) is 3.57. The van der Waals surface area contributed by atoms with E-state index in [2.05, 4.69) is 47.6 Å². The van der Waals surface area contributed by atoms with E-state index >= 15 is 0 Å². The maximum absolute atomic E-state index is 12.1. The van der Waals surface area contributed by atoms with E-state index in [0.29, 0.717) is 5.69 Å². The molecule has 0 saturated carbocycles. The third-order valence-electron chi connectivity index (χ3n) is 4.16. The van der Waals surface area contributed by atoms with E-state index in [4.69, 9.17) is 5.11 Å². The lowest BCUT2D eigenvalue weighted by Crippen LogP contribution is -2.26. The second-order valence-electron chi connectivity index (χ2n) is 5.60. The Bertz CT molecular complexity index is 1050. The number of aliphatic hydroxyl groups excluding tert-OH is 1. The van der Waals surface area contributed by atoms with Crippen LogP contribution in [0.1, 0.15) is 16.1 Å². The summed E-state index contributed by atoms with van der Waals surface area (Å²) in [5.41, 5.74) is 2.68. The number of amides is 1. The Morgan fingerprint density at radius 1 is 1.22 bits per heavy atom. The van der Waals surface area contributed by atoms with Gasteiger partial charge in [-0.05, 0) is 30.7 Å². The normalized spacial score (nSPS) is 11.6. The molecule has 0 unspecified atom stereocenters. The molecule has 4 nitrogen and oxygen atoms in total. The third-order valence-corrected chi connectivity index (χ3v) is 5.46. The summed E-state index contributed by atoms with van der Waals surface area (Å²) in [5.74, 6) is -0.192. The highest BCUT2D eigenvalue weighted by atomic mass is 32.1. The van der Waals surface area contributed by atoms with Crippen molar-refractivity contribution in [3.63, 3.8) is 0 Å². The topological polar surface area (TPSA) is 65.1 Å². The van der Waals surface area contributed by atoms with Crippen LogP contribution in [0.3, 0.4) is 0 Å². The van der Waals surface area contributed by atoms with Gasteiger partial charge in [0.25, 0.3) is 5.91 Å². The Hall–Kier alpha value is -2.37. The quantitative estimate of drug-likeness (QED) is 0.539. The molecule has 0 aliphatic heterocycles. The van der Waals surface area contributed by atoms with E-state index in [1.54, 1.807) is 11.3 Å². The summed E-state index contributed by atoms with van der Waals surface area (Å²) in [5, 5.41) is 15.0. The van der Waals surface area contributed by atoms with Crippen LogP contribution in [0.4, 0.5) is 0 Å². The van der Waals surface area contributed by atoms with Crippen molar-refractivity contribution < 1.29 is 9.90 Å². The molecule has 0 aliphatic carbocycles. The molecule has 0 aliphatic rings. The number of benzene rings is 2. The minimum Gasteiger partial charge on any atom is -0.395 e. The zero-order valence-electron chi connectivity index (χ0n) is 12.6. The number of hydrogen-bond donors (Lipinski definition) is 3. The Balaban J connectivity index is 1.93. The molecule has 4 rings (SSSR count). The number of hydrogen-bond acceptors (Lipinski definition) is 3. The molecule has 4 aromatic rings. The number of H-pyrrole nitrogens is 1. The van der Waals surface area contributed by atoms with Crippen LogP contribution in [0.15, 0.2) is 36.4 Å². The molecule has 0 spiro atoms. The molecule has 0 saturated heterocycles. The summed E-state index contributed by atoms with van der Waals surface area (Å²) in [6.07, 6.45) is 0. The standard InChI is InChI=1S/C18H16N2O2S/c1-10-12-8-15(18(22)19-6-7-21)20-14(12)9-13-11-4-2-3-5-16(11)23-17(10)13/h2-5,8-9,20-21H,6-7H2,1H3,(H,19,22). The minimum absolute atomic E-state index is 0.0628. The van der Waals surface area contributed by atoms with Gasteiger partial charge in [-0.1, -0.05) is 18.2 Å². The van der Waals surface area contributed by atoms with E-state index in [1.807, 2.05) is 6.07 Å². The minimum atomic E-state index is -0.192. The molecule has 2 aromatic heterocycles. The fraction of sp³-hybridized carbons (Fsp3) is 0.167. The fourth-order valence-electron chi connectivity index (χ4n) is 3.04. The van der Waals surface area contributed by atoms with Gasteiger partial charge < -0.3 is 15.4 Å². The zero-order chi connectivity index (χ0) is 16.0. The van der Waals surface area contributed by atoms with Crippen LogP contribution in [-0.4, -0.2) is 29.1 Å². The molecular formula is C18H16N2O2S. The number of carbonyl (C=O) groups is 1. The molecule has 3 N–H and O–H groups in total. The molecular weight excluding hydrogens is 308 g/mol. The van der Waals surface area contributed by atoms with Gasteiger partial charge in [0.05, 0.1) is 6.61 Å². The SMILES string of the molecule is Cc1c2cc(C(=O)NCCO)[nH]c2cc2c1sc1ccccc12. The lowest BCUT2D eigenvalue weighted by atomic mass is 10.1. The number of aromatic nitrogens is 1. The van der Waals surface area contributed by atoms with Crippen LogP contribution >= 0.6 is 11.3 Å². The van der Waals surface area contributed by atoms with Crippen LogP contribution < -0.4 is 5.32 Å². The lowest BCUT2D eigenvalue weighted by Gasteiger charge is -1.99. The number of nitrogens with one attached hydrogen (secondary N) is 2. The molecule has 1 amide bonds. The van der Waals surface area contributed by atoms with E-state index in [0.717, 1.165) is 10.9 Å².